The molecule has 2 aliphatic rings. The number of pyridine rings is 1. The molecule has 0 saturated carbocycles. The molecule has 0 radical (unpaired) electrons. The predicted molar refractivity (Wildman–Crippen MR) is 160 cm³/mol. The van der Waals surface area contributed by atoms with Gasteiger partial charge in [0.1, 0.15) is 17.2 Å². The zero-order valence-electron chi connectivity index (χ0n) is 24.3. The molecule has 0 saturated heterocycles. The molecule has 4 heteroatoms. The second kappa shape index (κ2) is 8.66. The lowest BCUT2D eigenvalue weighted by Crippen LogP contribution is -2.56. The van der Waals surface area contributed by atoms with E-state index in [2.05, 4.69) is 147 Å². The molecule has 2 aromatic heterocycles. The van der Waals surface area contributed by atoms with Crippen molar-refractivity contribution in [2.45, 2.75) is 58.2 Å². The van der Waals surface area contributed by atoms with Gasteiger partial charge in [-0.05, 0) is 71.9 Å². The lowest BCUT2D eigenvalue weighted by Gasteiger charge is -2.36. The fourth-order valence-electron chi connectivity index (χ4n) is 7.01. The molecule has 2 aliphatic heterocycles. The van der Waals surface area contributed by atoms with Crippen LogP contribution in [0.15, 0.2) is 91.6 Å². The normalized spacial score (nSPS) is 19.3. The number of rotatable bonds is 2. The second-order valence-corrected chi connectivity index (χ2v) is 12.5. The molecule has 0 amide bonds. The highest BCUT2D eigenvalue weighted by molar-refractivity contribution is 5.79. The molecule has 0 fully saturated rings. The number of benzene rings is 3. The van der Waals surface area contributed by atoms with Crippen LogP contribution < -0.4 is 13.9 Å². The number of hydrogen-bond acceptors (Lipinski definition) is 1. The zero-order chi connectivity index (χ0) is 27.9. The minimum absolute atomic E-state index is 0.00935. The molecular formula is C36H37N3O+2. The van der Waals surface area contributed by atoms with Crippen molar-refractivity contribution in [1.82, 2.24) is 4.57 Å². The Kier molecular flexibility index (Phi) is 5.38. The monoisotopic (exact) mass is 527 g/mol. The number of ether oxygens (including phenoxy) is 1. The molecule has 4 heterocycles. The Morgan fingerprint density at radius 3 is 2.45 bits per heavy atom. The third-order valence-electron chi connectivity index (χ3n) is 8.89. The number of aromatic nitrogens is 3. The number of nitrogens with zero attached hydrogens (tertiary/aromatic N) is 3. The maximum absolute atomic E-state index is 7.18. The Labute approximate surface area is 236 Å². The molecule has 4 nitrogen and oxygen atoms in total. The quantitative estimate of drug-likeness (QED) is 0.173. The summed E-state index contributed by atoms with van der Waals surface area (Å²) in [6.45, 7) is 15.5. The number of hydrogen-bond donors (Lipinski definition) is 0. The molecule has 200 valence electrons. The highest BCUT2D eigenvalue weighted by Crippen LogP contribution is 2.49. The summed E-state index contributed by atoms with van der Waals surface area (Å²) in [5.74, 6) is 2.16. The maximum Gasteiger partial charge on any atom is 0.296 e. The standard InChI is InChI=1S/C36H37N3O/c1-8-28-32(26-14-10-9-13-25(26)31-21-24(36(4,5)6)17-18-38(28)31)35-39-30-16-12-11-15-29(30)37(7)34(39)27-20-22(2)19-23(3)33(27)40-35/h8-21,28,32,35H,1H2,2-7H3/q+2. The molecule has 5 aromatic rings. The van der Waals surface area contributed by atoms with Gasteiger partial charge in [-0.3, -0.25) is 0 Å². The zero-order valence-corrected chi connectivity index (χ0v) is 24.3. The Hall–Kier alpha value is -4.18. The number of para-hydroxylation sites is 2. The average Bonchev–Trinajstić information content (AvgIpc) is 3.24. The number of imidazole rings is 1. The smallest absolute Gasteiger partial charge is 0.296 e. The lowest BCUT2D eigenvalue weighted by atomic mass is 9.79. The Balaban J connectivity index is 1.52. The first kappa shape index (κ1) is 24.8. The molecule has 3 aromatic carbocycles. The number of aryl methyl sites for hydroxylation is 3. The SMILES string of the molecule is C=CC1C(C2Oc3c(C)cc(C)cc3-c3n(C)c4ccccc4[n+]32)c2ccccc2-c2cc(C(C)(C)C)cc[n+]21. The average molecular weight is 528 g/mol. The minimum Gasteiger partial charge on any atom is -0.450 e. The van der Waals surface area contributed by atoms with E-state index in [-0.39, 0.29) is 23.6 Å². The van der Waals surface area contributed by atoms with E-state index < -0.39 is 0 Å². The van der Waals surface area contributed by atoms with Crippen molar-refractivity contribution in [3.8, 4) is 28.4 Å². The van der Waals surface area contributed by atoms with Crippen molar-refractivity contribution in [1.29, 1.82) is 0 Å². The molecular weight excluding hydrogens is 490 g/mol. The van der Waals surface area contributed by atoms with Crippen LogP contribution in [-0.2, 0) is 12.5 Å². The van der Waals surface area contributed by atoms with Crippen molar-refractivity contribution in [3.63, 3.8) is 0 Å². The van der Waals surface area contributed by atoms with E-state index in [1.165, 1.54) is 50.4 Å². The molecule has 0 spiro atoms. The van der Waals surface area contributed by atoms with E-state index in [1.54, 1.807) is 0 Å². The Bertz CT molecular complexity index is 1840. The minimum atomic E-state index is -0.262. The van der Waals surface area contributed by atoms with E-state index >= 15 is 0 Å². The van der Waals surface area contributed by atoms with Gasteiger partial charge in [-0.1, -0.05) is 63.7 Å². The number of allylic oxidation sites excluding steroid dienone is 1. The van der Waals surface area contributed by atoms with E-state index in [0.29, 0.717) is 0 Å². The van der Waals surface area contributed by atoms with Crippen LogP contribution in [-0.4, -0.2) is 4.57 Å². The van der Waals surface area contributed by atoms with Gasteiger partial charge in [-0.25, -0.2) is 4.57 Å². The van der Waals surface area contributed by atoms with Gasteiger partial charge < -0.3 is 4.74 Å². The van der Waals surface area contributed by atoms with E-state index in [1.807, 2.05) is 0 Å². The van der Waals surface area contributed by atoms with Crippen molar-refractivity contribution in [3.05, 3.63) is 114 Å². The topological polar surface area (TPSA) is 21.9 Å². The molecule has 0 N–H and O–H groups in total. The molecule has 0 aliphatic carbocycles. The van der Waals surface area contributed by atoms with Crippen LogP contribution in [0.4, 0.5) is 0 Å². The van der Waals surface area contributed by atoms with Crippen molar-refractivity contribution >= 4 is 11.0 Å². The fraction of sp³-hybridized carbons (Fsp3) is 0.278. The summed E-state index contributed by atoms with van der Waals surface area (Å²) in [6, 6.07) is 26.7. The summed E-state index contributed by atoms with van der Waals surface area (Å²) in [5, 5.41) is 0. The summed E-state index contributed by atoms with van der Waals surface area (Å²) >= 11 is 0. The van der Waals surface area contributed by atoms with Crippen LogP contribution in [0.25, 0.3) is 33.7 Å². The van der Waals surface area contributed by atoms with Gasteiger partial charge in [-0.2, -0.15) is 9.13 Å². The van der Waals surface area contributed by atoms with Crippen molar-refractivity contribution in [2.24, 2.45) is 7.05 Å². The number of fused-ring (bicyclic) bond motifs is 8. The summed E-state index contributed by atoms with van der Waals surface area (Å²) in [4.78, 5) is 0. The highest BCUT2D eigenvalue weighted by Gasteiger charge is 2.51. The molecule has 3 atom stereocenters. The van der Waals surface area contributed by atoms with Crippen LogP contribution in [0.2, 0.25) is 0 Å². The Morgan fingerprint density at radius 2 is 1.68 bits per heavy atom. The molecule has 3 unspecified atom stereocenters. The van der Waals surface area contributed by atoms with Gasteiger partial charge >= 0.3 is 0 Å². The molecule has 7 rings (SSSR count). The van der Waals surface area contributed by atoms with Crippen LogP contribution >= 0.6 is 0 Å². The van der Waals surface area contributed by atoms with Gasteiger partial charge in [0.2, 0.25) is 5.69 Å². The van der Waals surface area contributed by atoms with Crippen LogP contribution in [0.3, 0.4) is 0 Å². The maximum atomic E-state index is 7.18. The van der Waals surface area contributed by atoms with Gasteiger partial charge in [0.05, 0.1) is 12.6 Å². The molecule has 40 heavy (non-hydrogen) atoms. The lowest BCUT2D eigenvalue weighted by molar-refractivity contribution is -0.757. The van der Waals surface area contributed by atoms with E-state index in [0.717, 1.165) is 11.3 Å². The first-order valence-corrected chi connectivity index (χ1v) is 14.2. The third-order valence-corrected chi connectivity index (χ3v) is 8.89. The van der Waals surface area contributed by atoms with Crippen LogP contribution in [0.1, 0.15) is 61.2 Å². The van der Waals surface area contributed by atoms with Gasteiger partial charge in [0.15, 0.2) is 23.3 Å². The first-order chi connectivity index (χ1) is 19.2. The molecule has 0 bridgehead atoms. The first-order valence-electron chi connectivity index (χ1n) is 14.2. The van der Waals surface area contributed by atoms with E-state index in [4.69, 9.17) is 4.74 Å². The van der Waals surface area contributed by atoms with Gasteiger partial charge in [0.25, 0.3) is 12.1 Å². The summed E-state index contributed by atoms with van der Waals surface area (Å²) in [7, 11) is 2.18. The summed E-state index contributed by atoms with van der Waals surface area (Å²) in [5.41, 5.74) is 11.1. The van der Waals surface area contributed by atoms with Gasteiger partial charge in [0, 0.05) is 12.1 Å². The van der Waals surface area contributed by atoms with Crippen molar-refractivity contribution < 1.29 is 13.9 Å². The van der Waals surface area contributed by atoms with Crippen molar-refractivity contribution in [2.75, 3.05) is 0 Å². The second-order valence-electron chi connectivity index (χ2n) is 12.5. The Morgan fingerprint density at radius 1 is 0.925 bits per heavy atom. The van der Waals surface area contributed by atoms with Crippen LogP contribution in [0, 0.1) is 13.8 Å². The predicted octanol–water partition coefficient (Wildman–Crippen LogP) is 7.42. The summed E-state index contributed by atoms with van der Waals surface area (Å²) < 4.78 is 14.3. The highest BCUT2D eigenvalue weighted by atomic mass is 16.5. The fourth-order valence-corrected chi connectivity index (χ4v) is 7.01. The largest absolute Gasteiger partial charge is 0.450 e. The van der Waals surface area contributed by atoms with Crippen LogP contribution in [0.5, 0.6) is 5.75 Å². The van der Waals surface area contributed by atoms with Gasteiger partial charge in [-0.15, -0.1) is 0 Å². The third kappa shape index (κ3) is 3.45. The van der Waals surface area contributed by atoms with E-state index in [9.17, 15) is 0 Å². The summed E-state index contributed by atoms with van der Waals surface area (Å²) in [6.07, 6.45) is 4.10.